The van der Waals surface area contributed by atoms with E-state index in [1.54, 1.807) is 72.8 Å². The molecule has 0 saturated carbocycles. The number of halogens is 1. The van der Waals surface area contributed by atoms with E-state index in [0.717, 1.165) is 16.0 Å². The standard InChI is InChI=1S/C37H29ClN4O3S2/c1-2-33(36(45)42-37-29(22-39)30(23-46-37)24-12-5-3-6-13-24)47-28-18-11-17-27(21-28)40-35(44)32(20-26-16-9-10-19-31(26)38)41-34(43)25-14-7-4-8-15-25/h3-21,23,33H,2H2,1H3,(H,40,44)(H,41,43)(H,42,45)/b32-20+. The third kappa shape index (κ3) is 8.57. The molecule has 0 spiro atoms. The maximum absolute atomic E-state index is 13.5. The summed E-state index contributed by atoms with van der Waals surface area (Å²) in [6, 6.07) is 34.6. The van der Waals surface area contributed by atoms with Crippen LogP contribution in [0.1, 0.15) is 34.8 Å². The van der Waals surface area contributed by atoms with E-state index in [1.807, 2.05) is 48.7 Å². The summed E-state index contributed by atoms with van der Waals surface area (Å²) in [7, 11) is 0. The minimum atomic E-state index is -0.544. The first-order valence-electron chi connectivity index (χ1n) is 14.6. The summed E-state index contributed by atoms with van der Waals surface area (Å²) in [5.74, 6) is -1.21. The predicted octanol–water partition coefficient (Wildman–Crippen LogP) is 8.86. The second-order valence-electron chi connectivity index (χ2n) is 10.2. The number of anilines is 2. The topological polar surface area (TPSA) is 111 Å². The van der Waals surface area contributed by atoms with Crippen LogP contribution in [0.5, 0.6) is 0 Å². The second kappa shape index (κ2) is 15.9. The molecular formula is C37H29ClN4O3S2. The van der Waals surface area contributed by atoms with Crippen molar-refractivity contribution in [2.75, 3.05) is 10.6 Å². The number of carbonyl (C=O) groups excluding carboxylic acids is 3. The minimum Gasteiger partial charge on any atom is -0.321 e. The zero-order valence-corrected chi connectivity index (χ0v) is 27.6. The van der Waals surface area contributed by atoms with Gasteiger partial charge in [0.1, 0.15) is 16.8 Å². The normalized spacial score (nSPS) is 11.6. The first-order chi connectivity index (χ1) is 22.9. The van der Waals surface area contributed by atoms with E-state index in [4.69, 9.17) is 11.6 Å². The number of nitrogens with one attached hydrogen (secondary N) is 3. The van der Waals surface area contributed by atoms with Gasteiger partial charge in [-0.15, -0.1) is 23.1 Å². The average Bonchev–Trinajstić information content (AvgIpc) is 3.50. The average molecular weight is 677 g/mol. The number of rotatable bonds is 11. The van der Waals surface area contributed by atoms with Crippen molar-refractivity contribution in [3.63, 3.8) is 0 Å². The molecule has 0 bridgehead atoms. The van der Waals surface area contributed by atoms with Crippen LogP contribution in [-0.2, 0) is 9.59 Å². The Morgan fingerprint density at radius 1 is 0.915 bits per heavy atom. The molecule has 1 unspecified atom stereocenters. The molecule has 1 atom stereocenters. The van der Waals surface area contributed by atoms with Crippen molar-refractivity contribution < 1.29 is 14.4 Å². The molecule has 1 aromatic heterocycles. The van der Waals surface area contributed by atoms with Crippen molar-refractivity contribution >= 4 is 69.2 Å². The van der Waals surface area contributed by atoms with Crippen molar-refractivity contribution in [3.05, 3.63) is 142 Å². The lowest BCUT2D eigenvalue weighted by molar-refractivity contribution is -0.116. The number of benzene rings is 4. The van der Waals surface area contributed by atoms with Crippen LogP contribution in [0.25, 0.3) is 17.2 Å². The van der Waals surface area contributed by atoms with E-state index < -0.39 is 17.1 Å². The van der Waals surface area contributed by atoms with Gasteiger partial charge >= 0.3 is 0 Å². The van der Waals surface area contributed by atoms with Gasteiger partial charge in [-0.2, -0.15) is 5.26 Å². The molecule has 0 aliphatic carbocycles. The quantitative estimate of drug-likeness (QED) is 0.0956. The second-order valence-corrected chi connectivity index (χ2v) is 12.8. The highest BCUT2D eigenvalue weighted by atomic mass is 35.5. The Morgan fingerprint density at radius 2 is 1.62 bits per heavy atom. The number of hydrogen-bond acceptors (Lipinski definition) is 6. The van der Waals surface area contributed by atoms with Crippen LogP contribution in [0.15, 0.2) is 125 Å². The van der Waals surface area contributed by atoms with E-state index in [9.17, 15) is 19.6 Å². The van der Waals surface area contributed by atoms with Crippen LogP contribution in [0, 0.1) is 11.3 Å². The van der Waals surface area contributed by atoms with Crippen LogP contribution >= 0.6 is 34.7 Å². The number of thiophene rings is 1. The summed E-state index contributed by atoms with van der Waals surface area (Å²) in [4.78, 5) is 40.6. The van der Waals surface area contributed by atoms with Crippen LogP contribution in [0.4, 0.5) is 10.7 Å². The van der Waals surface area contributed by atoms with Crippen LogP contribution in [0.3, 0.4) is 0 Å². The third-order valence-electron chi connectivity index (χ3n) is 6.99. The maximum atomic E-state index is 13.5. The highest BCUT2D eigenvalue weighted by Gasteiger charge is 2.22. The lowest BCUT2D eigenvalue weighted by Crippen LogP contribution is -2.30. The van der Waals surface area contributed by atoms with Crippen molar-refractivity contribution in [2.24, 2.45) is 0 Å². The summed E-state index contributed by atoms with van der Waals surface area (Å²) < 4.78 is 0. The van der Waals surface area contributed by atoms with Crippen molar-refractivity contribution in [1.82, 2.24) is 5.32 Å². The number of amides is 3. The lowest BCUT2D eigenvalue weighted by atomic mass is 10.1. The zero-order valence-electron chi connectivity index (χ0n) is 25.2. The summed E-state index contributed by atoms with van der Waals surface area (Å²) in [6.07, 6.45) is 2.06. The fraction of sp³-hybridized carbons (Fsp3) is 0.0811. The molecule has 7 nitrogen and oxygen atoms in total. The van der Waals surface area contributed by atoms with Crippen molar-refractivity contribution in [3.8, 4) is 17.2 Å². The smallest absolute Gasteiger partial charge is 0.272 e. The molecule has 0 fully saturated rings. The summed E-state index contributed by atoms with van der Waals surface area (Å²) in [5, 5.41) is 20.7. The molecule has 3 amide bonds. The molecule has 5 aromatic rings. The van der Waals surface area contributed by atoms with Gasteiger partial charge in [-0.25, -0.2) is 0 Å². The first-order valence-corrected chi connectivity index (χ1v) is 16.8. The number of carbonyl (C=O) groups is 3. The van der Waals surface area contributed by atoms with Crippen molar-refractivity contribution in [2.45, 2.75) is 23.5 Å². The number of thioether (sulfide) groups is 1. The first kappa shape index (κ1) is 33.2. The van der Waals surface area contributed by atoms with Gasteiger partial charge in [-0.05, 0) is 60.0 Å². The van der Waals surface area contributed by atoms with E-state index in [1.165, 1.54) is 29.2 Å². The van der Waals surface area contributed by atoms with Gasteiger partial charge in [0.25, 0.3) is 11.8 Å². The lowest BCUT2D eigenvalue weighted by Gasteiger charge is -2.16. The van der Waals surface area contributed by atoms with E-state index >= 15 is 0 Å². The van der Waals surface area contributed by atoms with Crippen LogP contribution < -0.4 is 16.0 Å². The monoisotopic (exact) mass is 676 g/mol. The minimum absolute atomic E-state index is 0.00920. The summed E-state index contributed by atoms with van der Waals surface area (Å²) in [6.45, 7) is 1.92. The molecule has 47 heavy (non-hydrogen) atoms. The molecule has 1 heterocycles. The Morgan fingerprint density at radius 3 is 2.32 bits per heavy atom. The third-order valence-corrected chi connectivity index (χ3v) is 9.59. The Bertz CT molecular complexity index is 1970. The molecule has 10 heteroatoms. The molecule has 0 radical (unpaired) electrons. The number of nitriles is 1. The highest BCUT2D eigenvalue weighted by Crippen LogP contribution is 2.36. The van der Waals surface area contributed by atoms with Gasteiger partial charge in [0.2, 0.25) is 5.91 Å². The van der Waals surface area contributed by atoms with Gasteiger partial charge < -0.3 is 16.0 Å². The largest absolute Gasteiger partial charge is 0.321 e. The fourth-order valence-corrected chi connectivity index (χ4v) is 6.73. The zero-order chi connectivity index (χ0) is 33.2. The molecule has 234 valence electrons. The number of hydrogen-bond donors (Lipinski definition) is 3. The van der Waals surface area contributed by atoms with E-state index in [2.05, 4.69) is 22.0 Å². The Kier molecular flexibility index (Phi) is 11.3. The molecular weight excluding hydrogens is 648 g/mol. The SMILES string of the molecule is CCC(Sc1cccc(NC(=O)/C(=C\c2ccccc2Cl)NC(=O)c2ccccc2)c1)C(=O)Nc1scc(-c2ccccc2)c1C#N. The van der Waals surface area contributed by atoms with Gasteiger partial charge in [0.15, 0.2) is 0 Å². The molecule has 3 N–H and O–H groups in total. The van der Waals surface area contributed by atoms with Gasteiger partial charge in [0.05, 0.1) is 10.8 Å². The Hall–Kier alpha value is -5.14. The molecule has 0 aliphatic rings. The molecule has 4 aromatic carbocycles. The Labute approximate surface area is 286 Å². The van der Waals surface area contributed by atoms with Gasteiger partial charge in [-0.3, -0.25) is 14.4 Å². The number of nitrogens with zero attached hydrogens (tertiary/aromatic N) is 1. The fourth-order valence-electron chi connectivity index (χ4n) is 4.61. The highest BCUT2D eigenvalue weighted by molar-refractivity contribution is 8.00. The summed E-state index contributed by atoms with van der Waals surface area (Å²) in [5.41, 5.74) is 3.57. The molecule has 0 aliphatic heterocycles. The Balaban J connectivity index is 1.31. The van der Waals surface area contributed by atoms with Gasteiger partial charge in [0, 0.05) is 32.1 Å². The molecule has 0 saturated heterocycles. The van der Waals surface area contributed by atoms with E-state index in [-0.39, 0.29) is 11.6 Å². The van der Waals surface area contributed by atoms with Crippen molar-refractivity contribution in [1.29, 1.82) is 5.26 Å². The van der Waals surface area contributed by atoms with E-state index in [0.29, 0.717) is 38.8 Å². The summed E-state index contributed by atoms with van der Waals surface area (Å²) >= 11 is 9.02. The molecule has 5 rings (SSSR count). The van der Waals surface area contributed by atoms with Crippen LogP contribution in [0.2, 0.25) is 5.02 Å². The van der Waals surface area contributed by atoms with Crippen LogP contribution in [-0.4, -0.2) is 23.0 Å². The van der Waals surface area contributed by atoms with Gasteiger partial charge in [-0.1, -0.05) is 91.3 Å². The predicted molar refractivity (Wildman–Crippen MR) is 191 cm³/mol. The maximum Gasteiger partial charge on any atom is 0.272 e.